The molecule has 0 amide bonds. The minimum Gasteiger partial charge on any atom is -0.493 e. The summed E-state index contributed by atoms with van der Waals surface area (Å²) in [4.78, 5) is 0. The van der Waals surface area contributed by atoms with Gasteiger partial charge in [-0.15, -0.1) is 0 Å². The Morgan fingerprint density at radius 2 is 2.04 bits per heavy atom. The van der Waals surface area contributed by atoms with Gasteiger partial charge in [0.1, 0.15) is 5.75 Å². The van der Waals surface area contributed by atoms with Gasteiger partial charge in [-0.05, 0) is 42.2 Å². The maximum Gasteiger partial charge on any atom is 0.216 e. The molecule has 6 heteroatoms. The number of fused-ring (bicyclic) bond motifs is 1. The summed E-state index contributed by atoms with van der Waals surface area (Å²) in [6, 6.07) is 12.8. The van der Waals surface area contributed by atoms with Gasteiger partial charge in [-0.1, -0.05) is 41.9 Å². The Hall–Kier alpha value is -1.56. The van der Waals surface area contributed by atoms with E-state index in [2.05, 4.69) is 10.8 Å². The number of halogens is 1. The fourth-order valence-electron chi connectivity index (χ4n) is 2.93. The molecule has 24 heavy (non-hydrogen) atoms. The average Bonchev–Trinajstić information content (AvgIpc) is 2.96. The Balaban J connectivity index is 1.63. The van der Waals surface area contributed by atoms with Crippen LogP contribution in [0.5, 0.6) is 5.75 Å². The largest absolute Gasteiger partial charge is 0.493 e. The maximum atomic E-state index is 12.4. The molecular weight excluding hydrogens is 346 g/mol. The minimum atomic E-state index is -3.45. The molecule has 1 atom stereocenters. The SMILES string of the molecule is CC(Cc1ccc2c(c1)CCO2)NS(=O)(=O)Cc1ccccc1Cl. The first-order valence-corrected chi connectivity index (χ1v) is 9.94. The highest BCUT2D eigenvalue weighted by molar-refractivity contribution is 7.88. The molecule has 1 unspecified atom stereocenters. The van der Waals surface area contributed by atoms with Crippen molar-refractivity contribution < 1.29 is 13.2 Å². The van der Waals surface area contributed by atoms with Gasteiger partial charge in [-0.2, -0.15) is 0 Å². The van der Waals surface area contributed by atoms with Crippen molar-refractivity contribution in [3.63, 3.8) is 0 Å². The second-order valence-corrected chi connectivity index (χ2v) is 8.28. The van der Waals surface area contributed by atoms with E-state index in [1.165, 1.54) is 5.56 Å². The van der Waals surface area contributed by atoms with Gasteiger partial charge in [-0.25, -0.2) is 13.1 Å². The summed E-state index contributed by atoms with van der Waals surface area (Å²) in [6.45, 7) is 2.59. The molecular formula is C18H20ClNO3S. The molecule has 1 heterocycles. The van der Waals surface area contributed by atoms with Gasteiger partial charge in [0.2, 0.25) is 10.0 Å². The predicted molar refractivity (Wildman–Crippen MR) is 96.0 cm³/mol. The summed E-state index contributed by atoms with van der Waals surface area (Å²) in [5.41, 5.74) is 2.90. The van der Waals surface area contributed by atoms with E-state index in [4.69, 9.17) is 16.3 Å². The highest BCUT2D eigenvalue weighted by atomic mass is 35.5. The predicted octanol–water partition coefficient (Wildman–Crippen LogP) is 3.33. The standard InChI is InChI=1S/C18H20ClNO3S/c1-13(10-14-6-7-18-15(11-14)8-9-23-18)20-24(21,22)12-16-4-2-3-5-17(16)19/h2-7,11,13,20H,8-10,12H2,1H3. The number of nitrogens with one attached hydrogen (secondary N) is 1. The summed E-state index contributed by atoms with van der Waals surface area (Å²) in [7, 11) is -3.45. The van der Waals surface area contributed by atoms with E-state index in [-0.39, 0.29) is 11.8 Å². The van der Waals surface area contributed by atoms with Crippen LogP contribution in [0.4, 0.5) is 0 Å². The van der Waals surface area contributed by atoms with Crippen molar-refractivity contribution in [2.24, 2.45) is 0 Å². The summed E-state index contributed by atoms with van der Waals surface area (Å²) < 4.78 is 32.9. The molecule has 0 aliphatic carbocycles. The van der Waals surface area contributed by atoms with E-state index in [9.17, 15) is 8.42 Å². The van der Waals surface area contributed by atoms with Gasteiger partial charge in [0.25, 0.3) is 0 Å². The molecule has 0 aromatic heterocycles. The molecule has 0 saturated carbocycles. The van der Waals surface area contributed by atoms with E-state index in [1.807, 2.05) is 19.1 Å². The summed E-state index contributed by atoms with van der Waals surface area (Å²) in [5.74, 6) is 0.820. The van der Waals surface area contributed by atoms with Crippen molar-refractivity contribution in [1.82, 2.24) is 4.72 Å². The van der Waals surface area contributed by atoms with Crippen LogP contribution in [-0.2, 0) is 28.6 Å². The molecule has 0 spiro atoms. The molecule has 0 saturated heterocycles. The lowest BCUT2D eigenvalue weighted by Crippen LogP contribution is -2.35. The van der Waals surface area contributed by atoms with Crippen molar-refractivity contribution >= 4 is 21.6 Å². The number of ether oxygens (including phenoxy) is 1. The quantitative estimate of drug-likeness (QED) is 0.854. The van der Waals surface area contributed by atoms with Crippen LogP contribution in [0.3, 0.4) is 0 Å². The first-order valence-electron chi connectivity index (χ1n) is 7.91. The van der Waals surface area contributed by atoms with Gasteiger partial charge < -0.3 is 4.74 Å². The molecule has 0 radical (unpaired) electrons. The van der Waals surface area contributed by atoms with Crippen molar-refractivity contribution in [1.29, 1.82) is 0 Å². The van der Waals surface area contributed by atoms with Crippen LogP contribution in [0.15, 0.2) is 42.5 Å². The number of hydrogen-bond donors (Lipinski definition) is 1. The normalized spacial score (nSPS) is 14.9. The van der Waals surface area contributed by atoms with Crippen molar-refractivity contribution in [2.45, 2.75) is 31.6 Å². The summed E-state index contributed by atoms with van der Waals surface area (Å²) in [5, 5.41) is 0.467. The van der Waals surface area contributed by atoms with E-state index in [0.717, 1.165) is 24.3 Å². The van der Waals surface area contributed by atoms with Crippen LogP contribution in [0.1, 0.15) is 23.6 Å². The Morgan fingerprint density at radius 3 is 2.83 bits per heavy atom. The molecule has 1 aliphatic heterocycles. The first kappa shape index (κ1) is 17.3. The minimum absolute atomic E-state index is 0.116. The Labute approximate surface area is 147 Å². The number of sulfonamides is 1. The number of rotatable bonds is 6. The molecule has 2 aromatic rings. The van der Waals surface area contributed by atoms with E-state index in [0.29, 0.717) is 17.0 Å². The fraction of sp³-hybridized carbons (Fsp3) is 0.333. The summed E-state index contributed by atoms with van der Waals surface area (Å²) >= 11 is 6.05. The summed E-state index contributed by atoms with van der Waals surface area (Å²) in [6.07, 6.45) is 1.55. The number of hydrogen-bond acceptors (Lipinski definition) is 3. The average molecular weight is 366 g/mol. The van der Waals surface area contributed by atoms with Gasteiger partial charge in [-0.3, -0.25) is 0 Å². The lowest BCUT2D eigenvalue weighted by atomic mass is 10.0. The van der Waals surface area contributed by atoms with Crippen LogP contribution in [-0.4, -0.2) is 21.1 Å². The molecule has 0 fully saturated rings. The van der Waals surface area contributed by atoms with Crippen molar-refractivity contribution in [3.05, 3.63) is 64.2 Å². The monoisotopic (exact) mass is 365 g/mol. The molecule has 0 bridgehead atoms. The van der Waals surface area contributed by atoms with Crippen LogP contribution in [0, 0.1) is 0 Å². The highest BCUT2D eigenvalue weighted by Gasteiger charge is 2.18. The van der Waals surface area contributed by atoms with Crippen LogP contribution < -0.4 is 9.46 Å². The second kappa shape index (κ2) is 7.13. The molecule has 1 N–H and O–H groups in total. The molecule has 4 nitrogen and oxygen atoms in total. The van der Waals surface area contributed by atoms with E-state index >= 15 is 0 Å². The van der Waals surface area contributed by atoms with Gasteiger partial charge >= 0.3 is 0 Å². The first-order chi connectivity index (χ1) is 11.4. The van der Waals surface area contributed by atoms with E-state index in [1.54, 1.807) is 24.3 Å². The zero-order valence-corrected chi connectivity index (χ0v) is 15.0. The Bertz CT molecular complexity index is 836. The van der Waals surface area contributed by atoms with Crippen LogP contribution in [0.25, 0.3) is 0 Å². The lowest BCUT2D eigenvalue weighted by molar-refractivity contribution is 0.357. The van der Waals surface area contributed by atoms with Crippen molar-refractivity contribution in [3.8, 4) is 5.75 Å². The third-order valence-corrected chi connectivity index (χ3v) is 5.80. The fourth-order valence-corrected chi connectivity index (χ4v) is 4.65. The van der Waals surface area contributed by atoms with Gasteiger partial charge in [0.05, 0.1) is 12.4 Å². The molecule has 128 valence electrons. The number of benzene rings is 2. The molecule has 2 aromatic carbocycles. The second-order valence-electron chi connectivity index (χ2n) is 6.11. The Morgan fingerprint density at radius 1 is 1.25 bits per heavy atom. The molecule has 3 rings (SSSR count). The van der Waals surface area contributed by atoms with Crippen molar-refractivity contribution in [2.75, 3.05) is 6.61 Å². The topological polar surface area (TPSA) is 55.4 Å². The zero-order chi connectivity index (χ0) is 17.2. The zero-order valence-electron chi connectivity index (χ0n) is 13.5. The smallest absolute Gasteiger partial charge is 0.216 e. The van der Waals surface area contributed by atoms with Gasteiger partial charge in [0.15, 0.2) is 0 Å². The van der Waals surface area contributed by atoms with Crippen LogP contribution in [0.2, 0.25) is 5.02 Å². The lowest BCUT2D eigenvalue weighted by Gasteiger charge is -2.15. The Kier molecular flexibility index (Phi) is 5.13. The highest BCUT2D eigenvalue weighted by Crippen LogP contribution is 2.26. The van der Waals surface area contributed by atoms with Crippen LogP contribution >= 0.6 is 11.6 Å². The third-order valence-electron chi connectivity index (χ3n) is 3.98. The maximum absolute atomic E-state index is 12.4. The van der Waals surface area contributed by atoms with E-state index < -0.39 is 10.0 Å². The third kappa shape index (κ3) is 4.29. The molecule has 1 aliphatic rings. The van der Waals surface area contributed by atoms with Gasteiger partial charge in [0, 0.05) is 17.5 Å².